The Labute approximate surface area is 154 Å². The molecule has 132 valence electrons. The molecular weight excluding hydrogens is 348 g/mol. The summed E-state index contributed by atoms with van der Waals surface area (Å²) in [4.78, 5) is 15.4. The molecule has 0 unspecified atom stereocenters. The number of rotatable bonds is 3. The molecule has 0 bridgehead atoms. The van der Waals surface area contributed by atoms with Crippen LogP contribution in [0.4, 0.5) is 11.5 Å². The average Bonchev–Trinajstić information content (AvgIpc) is 3.19. The molecule has 3 aromatic heterocycles. The molecular formula is C18H18N6OS. The predicted molar refractivity (Wildman–Crippen MR) is 102 cm³/mol. The lowest BCUT2D eigenvalue weighted by molar-refractivity contribution is 0.102. The zero-order valence-corrected chi connectivity index (χ0v) is 14.9. The Morgan fingerprint density at radius 1 is 1.23 bits per heavy atom. The van der Waals surface area contributed by atoms with Crippen molar-refractivity contribution in [2.75, 3.05) is 36.4 Å². The Morgan fingerprint density at radius 3 is 3.00 bits per heavy atom. The van der Waals surface area contributed by atoms with Crippen LogP contribution < -0.4 is 15.5 Å². The molecule has 7 nitrogen and oxygen atoms in total. The third kappa shape index (κ3) is 3.14. The second kappa shape index (κ2) is 7.15. The topological polar surface area (TPSA) is 85.5 Å². The number of aromatic nitrogens is 2. The van der Waals surface area contributed by atoms with E-state index in [-0.39, 0.29) is 5.91 Å². The highest BCUT2D eigenvalue weighted by molar-refractivity contribution is 7.11. The van der Waals surface area contributed by atoms with E-state index in [1.165, 1.54) is 11.3 Å². The minimum Gasteiger partial charge on any atom is -0.354 e. The Hall–Kier alpha value is -2.89. The zero-order chi connectivity index (χ0) is 17.9. The second-order valence-corrected chi connectivity index (χ2v) is 6.98. The maximum atomic E-state index is 12.7. The van der Waals surface area contributed by atoms with Crippen LogP contribution in [0.1, 0.15) is 21.8 Å². The van der Waals surface area contributed by atoms with Gasteiger partial charge in [0.05, 0.1) is 11.2 Å². The zero-order valence-electron chi connectivity index (χ0n) is 14.1. The van der Waals surface area contributed by atoms with Crippen LogP contribution in [0.2, 0.25) is 0 Å². The van der Waals surface area contributed by atoms with Crippen molar-refractivity contribution >= 4 is 34.3 Å². The summed E-state index contributed by atoms with van der Waals surface area (Å²) in [6, 6.07) is 11.4. The monoisotopic (exact) mass is 366 g/mol. The Balaban J connectivity index is 1.64. The maximum absolute atomic E-state index is 12.7. The number of amides is 1. The summed E-state index contributed by atoms with van der Waals surface area (Å²) in [5.74, 6) is 0.585. The smallest absolute Gasteiger partial charge is 0.274 e. The molecule has 0 atom stereocenters. The Kier molecular flexibility index (Phi) is 4.56. The number of nitriles is 1. The number of nitrogens with zero attached hydrogens (tertiary/aromatic N) is 4. The second-order valence-electron chi connectivity index (χ2n) is 6.07. The average molecular weight is 366 g/mol. The number of thiophene rings is 1. The molecule has 1 amide bonds. The minimum atomic E-state index is -0.276. The minimum absolute atomic E-state index is 0.276. The fraction of sp³-hybridized carbons (Fsp3) is 0.278. The molecule has 4 rings (SSSR count). The number of nitrogens with one attached hydrogen (secondary N) is 2. The highest BCUT2D eigenvalue weighted by Crippen LogP contribution is 2.22. The van der Waals surface area contributed by atoms with Gasteiger partial charge in [0.15, 0.2) is 0 Å². The third-order valence-electron chi connectivity index (χ3n) is 4.40. The molecule has 0 aromatic carbocycles. The van der Waals surface area contributed by atoms with E-state index in [0.29, 0.717) is 16.3 Å². The molecule has 1 aliphatic heterocycles. The summed E-state index contributed by atoms with van der Waals surface area (Å²) in [5.41, 5.74) is 1.84. The summed E-state index contributed by atoms with van der Waals surface area (Å²) < 4.78 is 1.67. The van der Waals surface area contributed by atoms with E-state index in [1.54, 1.807) is 22.0 Å². The van der Waals surface area contributed by atoms with Crippen molar-refractivity contribution in [2.24, 2.45) is 0 Å². The van der Waals surface area contributed by atoms with Crippen LogP contribution in [0, 0.1) is 11.3 Å². The molecule has 0 saturated carbocycles. The molecule has 0 radical (unpaired) electrons. The van der Waals surface area contributed by atoms with E-state index in [1.807, 2.05) is 18.2 Å². The molecule has 1 fully saturated rings. The SMILES string of the molecule is N#Cc1sccc1NC(=O)c1ccc2ccc(N3CCCNCC3)nn12. The Bertz CT molecular complexity index is 977. The quantitative estimate of drug-likeness (QED) is 0.743. The van der Waals surface area contributed by atoms with Crippen molar-refractivity contribution < 1.29 is 4.79 Å². The van der Waals surface area contributed by atoms with Gasteiger partial charge >= 0.3 is 0 Å². The molecule has 2 N–H and O–H groups in total. The third-order valence-corrected chi connectivity index (χ3v) is 5.22. The molecule has 1 aliphatic rings. The number of fused-ring (bicyclic) bond motifs is 1. The number of hydrogen-bond donors (Lipinski definition) is 2. The van der Waals surface area contributed by atoms with Gasteiger partial charge < -0.3 is 15.5 Å². The van der Waals surface area contributed by atoms with Crippen molar-refractivity contribution in [3.05, 3.63) is 46.3 Å². The lowest BCUT2D eigenvalue weighted by atomic mass is 10.3. The van der Waals surface area contributed by atoms with Crippen LogP contribution in [0.15, 0.2) is 35.7 Å². The first-order chi connectivity index (χ1) is 12.8. The van der Waals surface area contributed by atoms with Crippen molar-refractivity contribution in [2.45, 2.75) is 6.42 Å². The first-order valence-corrected chi connectivity index (χ1v) is 9.37. The largest absolute Gasteiger partial charge is 0.354 e. The number of anilines is 2. The van der Waals surface area contributed by atoms with E-state index in [4.69, 9.17) is 5.26 Å². The van der Waals surface area contributed by atoms with Gasteiger partial charge in [-0.05, 0) is 48.7 Å². The predicted octanol–water partition coefficient (Wildman–Crippen LogP) is 2.32. The standard InChI is InChI=1S/C18H18N6OS/c19-12-16-14(6-11-26-16)21-18(25)15-4-2-13-3-5-17(22-24(13)15)23-9-1-7-20-8-10-23/h2-6,11,20H,1,7-10H2,(H,21,25). The van der Waals surface area contributed by atoms with E-state index in [2.05, 4.69) is 26.7 Å². The molecule has 0 spiro atoms. The van der Waals surface area contributed by atoms with Gasteiger partial charge in [0.1, 0.15) is 22.5 Å². The molecule has 26 heavy (non-hydrogen) atoms. The fourth-order valence-corrected chi connectivity index (χ4v) is 3.71. The van der Waals surface area contributed by atoms with Gasteiger partial charge in [-0.2, -0.15) is 5.26 Å². The molecule has 1 saturated heterocycles. The van der Waals surface area contributed by atoms with Crippen LogP contribution in [0.3, 0.4) is 0 Å². The van der Waals surface area contributed by atoms with Gasteiger partial charge in [-0.15, -0.1) is 16.4 Å². The van der Waals surface area contributed by atoms with E-state index >= 15 is 0 Å². The van der Waals surface area contributed by atoms with Crippen LogP contribution in [0.25, 0.3) is 5.52 Å². The van der Waals surface area contributed by atoms with E-state index < -0.39 is 0 Å². The van der Waals surface area contributed by atoms with Gasteiger partial charge in [-0.1, -0.05) is 0 Å². The van der Waals surface area contributed by atoms with Crippen molar-refractivity contribution in [1.29, 1.82) is 5.26 Å². The van der Waals surface area contributed by atoms with E-state index in [9.17, 15) is 4.79 Å². The molecule has 4 heterocycles. The highest BCUT2D eigenvalue weighted by Gasteiger charge is 2.17. The van der Waals surface area contributed by atoms with Crippen LogP contribution >= 0.6 is 11.3 Å². The van der Waals surface area contributed by atoms with Gasteiger partial charge in [-0.25, -0.2) is 4.52 Å². The first-order valence-electron chi connectivity index (χ1n) is 8.49. The number of carbonyl (C=O) groups is 1. The van der Waals surface area contributed by atoms with Crippen molar-refractivity contribution in [1.82, 2.24) is 14.9 Å². The van der Waals surface area contributed by atoms with Gasteiger partial charge in [-0.3, -0.25) is 4.79 Å². The molecule has 0 aliphatic carbocycles. The van der Waals surface area contributed by atoms with Crippen LogP contribution in [-0.2, 0) is 0 Å². The van der Waals surface area contributed by atoms with Crippen molar-refractivity contribution in [3.63, 3.8) is 0 Å². The number of carbonyl (C=O) groups excluding carboxylic acids is 1. The summed E-state index contributed by atoms with van der Waals surface area (Å²) in [6.07, 6.45) is 1.06. The van der Waals surface area contributed by atoms with Crippen LogP contribution in [0.5, 0.6) is 0 Å². The molecule has 3 aromatic rings. The fourth-order valence-electron chi connectivity index (χ4n) is 3.07. The Morgan fingerprint density at radius 2 is 2.12 bits per heavy atom. The van der Waals surface area contributed by atoms with Gasteiger partial charge in [0.25, 0.3) is 5.91 Å². The van der Waals surface area contributed by atoms with Crippen molar-refractivity contribution in [3.8, 4) is 6.07 Å². The summed E-state index contributed by atoms with van der Waals surface area (Å²) in [6.45, 7) is 3.77. The maximum Gasteiger partial charge on any atom is 0.274 e. The first kappa shape index (κ1) is 16.6. The lowest BCUT2D eigenvalue weighted by Crippen LogP contribution is -2.29. The lowest BCUT2D eigenvalue weighted by Gasteiger charge is -2.21. The summed E-state index contributed by atoms with van der Waals surface area (Å²) in [7, 11) is 0. The number of hydrogen-bond acceptors (Lipinski definition) is 6. The van der Waals surface area contributed by atoms with Gasteiger partial charge in [0, 0.05) is 19.6 Å². The van der Waals surface area contributed by atoms with Crippen LogP contribution in [-0.4, -0.2) is 41.7 Å². The van der Waals surface area contributed by atoms with E-state index in [0.717, 1.165) is 43.9 Å². The molecule has 8 heteroatoms. The summed E-state index contributed by atoms with van der Waals surface area (Å²) >= 11 is 1.30. The normalized spacial score (nSPS) is 14.8. The highest BCUT2D eigenvalue weighted by atomic mass is 32.1. The summed E-state index contributed by atoms with van der Waals surface area (Å²) in [5, 5.41) is 21.8. The van der Waals surface area contributed by atoms with Gasteiger partial charge in [0.2, 0.25) is 0 Å².